The first kappa shape index (κ1) is 16.4. The maximum Gasteiger partial charge on any atom is 0.288 e. The molecule has 0 radical (unpaired) electrons. The Kier molecular flexibility index (Phi) is 5.13. The molecule has 0 fully saturated rings. The number of halogens is 2. The van der Waals surface area contributed by atoms with Crippen LogP contribution in [0.15, 0.2) is 35.2 Å². The van der Waals surface area contributed by atoms with E-state index in [1.165, 1.54) is 24.3 Å². The van der Waals surface area contributed by atoms with Crippen molar-refractivity contribution in [2.45, 2.75) is 31.4 Å². The molecule has 22 heavy (non-hydrogen) atoms. The van der Waals surface area contributed by atoms with Crippen molar-refractivity contribution in [3.8, 4) is 0 Å². The Labute approximate surface area is 132 Å². The van der Waals surface area contributed by atoms with Crippen LogP contribution in [-0.4, -0.2) is 16.6 Å². The number of aromatic nitrogens is 1. The van der Waals surface area contributed by atoms with E-state index in [9.17, 15) is 13.6 Å². The van der Waals surface area contributed by atoms with Crippen LogP contribution in [0.1, 0.15) is 27.3 Å². The maximum absolute atomic E-state index is 12.3. The smallest absolute Gasteiger partial charge is 0.288 e. The Morgan fingerprint density at radius 2 is 1.82 bits per heavy atom. The highest BCUT2D eigenvalue weighted by Crippen LogP contribution is 2.25. The van der Waals surface area contributed by atoms with E-state index >= 15 is 0 Å². The molecule has 0 atom stereocenters. The number of nitrogens with one attached hydrogen (secondary N) is 1. The molecule has 1 N–H and O–H groups in total. The maximum atomic E-state index is 12.3. The van der Waals surface area contributed by atoms with Crippen molar-refractivity contribution in [2.75, 3.05) is 5.32 Å². The number of aryl methyl sites for hydroxylation is 3. The fraction of sp³-hybridized carbons (Fsp3) is 0.250. The molecule has 1 aromatic heterocycles. The van der Waals surface area contributed by atoms with E-state index in [0.29, 0.717) is 27.9 Å². The number of nitrogens with zero attached hydrogens (tertiary/aromatic N) is 1. The van der Waals surface area contributed by atoms with Gasteiger partial charge >= 0.3 is 0 Å². The summed E-state index contributed by atoms with van der Waals surface area (Å²) in [5.41, 5.74) is 3.67. The van der Waals surface area contributed by atoms with Gasteiger partial charge < -0.3 is 5.32 Å². The third kappa shape index (κ3) is 4.04. The van der Waals surface area contributed by atoms with Gasteiger partial charge in [0.25, 0.3) is 11.7 Å². The second kappa shape index (κ2) is 6.87. The molecule has 6 heteroatoms. The number of amides is 1. The monoisotopic (exact) mass is 322 g/mol. The molecular formula is C16H16F2N2OS. The Morgan fingerprint density at radius 3 is 2.36 bits per heavy atom. The number of hydrogen-bond donors (Lipinski definition) is 1. The molecule has 0 saturated carbocycles. The van der Waals surface area contributed by atoms with Crippen molar-refractivity contribution >= 4 is 23.4 Å². The number of benzene rings is 1. The van der Waals surface area contributed by atoms with Gasteiger partial charge in [-0.15, -0.1) is 0 Å². The molecule has 1 amide bonds. The normalized spacial score (nSPS) is 10.8. The molecular weight excluding hydrogens is 306 g/mol. The minimum absolute atomic E-state index is 0.287. The topological polar surface area (TPSA) is 42.0 Å². The van der Waals surface area contributed by atoms with E-state index in [2.05, 4.69) is 10.3 Å². The molecule has 116 valence electrons. The van der Waals surface area contributed by atoms with Crippen molar-refractivity contribution in [3.63, 3.8) is 0 Å². The molecule has 1 heterocycles. The van der Waals surface area contributed by atoms with E-state index in [-0.39, 0.29) is 5.91 Å². The molecule has 1 aromatic carbocycles. The van der Waals surface area contributed by atoms with Crippen LogP contribution in [0.4, 0.5) is 14.5 Å². The Balaban J connectivity index is 2.16. The SMILES string of the molecule is Cc1cc(C)c(NC(=O)c2ccc(SC(F)F)cc2)c(C)n1. The standard InChI is InChI=1S/C16H16F2N2OS/c1-9-8-10(2)19-11(3)14(9)20-15(21)12-4-6-13(7-5-12)22-16(17)18/h4-8,16H,1-3H3,(H,20,21). The van der Waals surface area contributed by atoms with Crippen LogP contribution in [0, 0.1) is 20.8 Å². The zero-order valence-electron chi connectivity index (χ0n) is 12.5. The summed E-state index contributed by atoms with van der Waals surface area (Å²) in [6.07, 6.45) is 0. The number of alkyl halides is 2. The van der Waals surface area contributed by atoms with Crippen molar-refractivity contribution in [2.24, 2.45) is 0 Å². The van der Waals surface area contributed by atoms with Crippen LogP contribution in [-0.2, 0) is 0 Å². The number of pyridine rings is 1. The number of hydrogen-bond acceptors (Lipinski definition) is 3. The van der Waals surface area contributed by atoms with E-state index in [1.807, 2.05) is 26.8 Å². The van der Waals surface area contributed by atoms with Gasteiger partial charge in [-0.1, -0.05) is 11.8 Å². The summed E-state index contributed by atoms with van der Waals surface area (Å²) in [7, 11) is 0. The van der Waals surface area contributed by atoms with Crippen molar-refractivity contribution < 1.29 is 13.6 Å². The highest BCUT2D eigenvalue weighted by atomic mass is 32.2. The zero-order chi connectivity index (χ0) is 16.3. The van der Waals surface area contributed by atoms with Crippen LogP contribution in [0.5, 0.6) is 0 Å². The number of carbonyl (C=O) groups is 1. The minimum atomic E-state index is -2.47. The van der Waals surface area contributed by atoms with Crippen LogP contribution in [0.2, 0.25) is 0 Å². The van der Waals surface area contributed by atoms with Crippen LogP contribution in [0.25, 0.3) is 0 Å². The van der Waals surface area contributed by atoms with E-state index in [4.69, 9.17) is 0 Å². The van der Waals surface area contributed by atoms with E-state index < -0.39 is 5.76 Å². The van der Waals surface area contributed by atoms with Crippen molar-refractivity contribution in [1.29, 1.82) is 0 Å². The van der Waals surface area contributed by atoms with Gasteiger partial charge in [-0.05, 0) is 56.7 Å². The number of rotatable bonds is 4. The predicted octanol–water partition coefficient (Wildman–Crippen LogP) is 4.57. The minimum Gasteiger partial charge on any atom is -0.320 e. The Bertz CT molecular complexity index is 664. The van der Waals surface area contributed by atoms with Gasteiger partial charge in [0.2, 0.25) is 0 Å². The summed E-state index contributed by atoms with van der Waals surface area (Å²) in [6.45, 7) is 5.63. The van der Waals surface area contributed by atoms with Crippen molar-refractivity contribution in [3.05, 3.63) is 52.8 Å². The third-order valence-corrected chi connectivity index (χ3v) is 3.83. The molecule has 2 aromatic rings. The predicted molar refractivity (Wildman–Crippen MR) is 84.7 cm³/mol. The lowest BCUT2D eigenvalue weighted by atomic mass is 10.1. The summed E-state index contributed by atoms with van der Waals surface area (Å²) >= 11 is 0.454. The molecule has 0 aliphatic carbocycles. The number of anilines is 1. The van der Waals surface area contributed by atoms with Gasteiger partial charge in [-0.25, -0.2) is 0 Å². The van der Waals surface area contributed by atoms with E-state index in [0.717, 1.165) is 17.0 Å². The summed E-state index contributed by atoms with van der Waals surface area (Å²) < 4.78 is 24.5. The summed E-state index contributed by atoms with van der Waals surface area (Å²) in [5.74, 6) is -2.76. The quantitative estimate of drug-likeness (QED) is 0.838. The van der Waals surface area contributed by atoms with Gasteiger partial charge in [-0.3, -0.25) is 9.78 Å². The zero-order valence-corrected chi connectivity index (χ0v) is 13.3. The summed E-state index contributed by atoms with van der Waals surface area (Å²) in [4.78, 5) is 17.0. The lowest BCUT2D eigenvalue weighted by molar-refractivity contribution is 0.102. The first-order chi connectivity index (χ1) is 10.4. The molecule has 2 rings (SSSR count). The van der Waals surface area contributed by atoms with Gasteiger partial charge in [0, 0.05) is 16.2 Å². The molecule has 0 aliphatic heterocycles. The van der Waals surface area contributed by atoms with Gasteiger partial charge in [-0.2, -0.15) is 8.78 Å². The van der Waals surface area contributed by atoms with Crippen LogP contribution in [0.3, 0.4) is 0 Å². The van der Waals surface area contributed by atoms with Crippen LogP contribution < -0.4 is 5.32 Å². The van der Waals surface area contributed by atoms with Gasteiger partial charge in [0.1, 0.15) is 0 Å². The lowest BCUT2D eigenvalue weighted by Crippen LogP contribution is -2.14. The molecule has 3 nitrogen and oxygen atoms in total. The van der Waals surface area contributed by atoms with E-state index in [1.54, 1.807) is 0 Å². The fourth-order valence-electron chi connectivity index (χ4n) is 2.19. The first-order valence-corrected chi connectivity index (χ1v) is 7.56. The largest absolute Gasteiger partial charge is 0.320 e. The second-order valence-electron chi connectivity index (χ2n) is 4.90. The number of thioether (sulfide) groups is 1. The van der Waals surface area contributed by atoms with Gasteiger partial charge in [0.05, 0.1) is 11.4 Å². The molecule has 0 aliphatic rings. The molecule has 0 bridgehead atoms. The fourth-order valence-corrected chi connectivity index (χ4v) is 2.68. The van der Waals surface area contributed by atoms with Crippen molar-refractivity contribution in [1.82, 2.24) is 4.98 Å². The lowest BCUT2D eigenvalue weighted by Gasteiger charge is -2.12. The summed E-state index contributed by atoms with van der Waals surface area (Å²) in [5, 5.41) is 2.83. The third-order valence-electron chi connectivity index (χ3n) is 3.11. The molecule has 0 unspecified atom stereocenters. The first-order valence-electron chi connectivity index (χ1n) is 6.68. The Morgan fingerprint density at radius 1 is 1.18 bits per heavy atom. The Hall–Kier alpha value is -1.95. The average Bonchev–Trinajstić information content (AvgIpc) is 2.42. The number of carbonyl (C=O) groups excluding carboxylic acids is 1. The highest BCUT2D eigenvalue weighted by Gasteiger charge is 2.12. The highest BCUT2D eigenvalue weighted by molar-refractivity contribution is 7.99. The second-order valence-corrected chi connectivity index (χ2v) is 5.96. The van der Waals surface area contributed by atoms with Crippen LogP contribution >= 0.6 is 11.8 Å². The average molecular weight is 322 g/mol. The molecule has 0 saturated heterocycles. The van der Waals surface area contributed by atoms with Gasteiger partial charge in [0.15, 0.2) is 0 Å². The summed E-state index contributed by atoms with van der Waals surface area (Å²) in [6, 6.07) is 7.99. The molecule has 0 spiro atoms.